The molecular formula is C20H24N4O3. The number of carboxylic acids is 1. The predicted octanol–water partition coefficient (Wildman–Crippen LogP) is 1.74. The highest BCUT2D eigenvalue weighted by atomic mass is 16.4. The molecule has 0 radical (unpaired) electrons. The molecule has 2 saturated heterocycles. The van der Waals surface area contributed by atoms with E-state index in [-0.39, 0.29) is 12.3 Å². The van der Waals surface area contributed by atoms with Gasteiger partial charge in [-0.15, -0.1) is 0 Å². The number of piperidine rings is 1. The third kappa shape index (κ3) is 3.47. The van der Waals surface area contributed by atoms with Crippen LogP contribution in [0.15, 0.2) is 36.7 Å². The standard InChI is InChI=1S/C20H24N4O3/c1-14-3-2-4-16(9-14)24-13-15(11-21-24)12-23-7-5-20(6-8-23)17(19(26)27)10-18(25)22-20/h2-4,9,11,13,17H,5-8,10,12H2,1H3,(H,22,25)(H,26,27)/t17-/m0/s1. The van der Waals surface area contributed by atoms with Crippen molar-refractivity contribution in [2.75, 3.05) is 13.1 Å². The Labute approximate surface area is 158 Å². The van der Waals surface area contributed by atoms with Gasteiger partial charge in [0.25, 0.3) is 0 Å². The summed E-state index contributed by atoms with van der Waals surface area (Å²) in [6.45, 7) is 4.36. The van der Waals surface area contributed by atoms with Crippen molar-refractivity contribution in [1.82, 2.24) is 20.0 Å². The van der Waals surface area contributed by atoms with Gasteiger partial charge in [-0.2, -0.15) is 5.10 Å². The van der Waals surface area contributed by atoms with Gasteiger partial charge >= 0.3 is 5.97 Å². The van der Waals surface area contributed by atoms with E-state index in [1.807, 2.05) is 29.2 Å². The van der Waals surface area contributed by atoms with Gasteiger partial charge in [0.15, 0.2) is 0 Å². The van der Waals surface area contributed by atoms with Crippen LogP contribution in [-0.4, -0.2) is 50.3 Å². The largest absolute Gasteiger partial charge is 0.481 e. The van der Waals surface area contributed by atoms with Crippen LogP contribution in [0, 0.1) is 12.8 Å². The van der Waals surface area contributed by atoms with Crippen molar-refractivity contribution in [2.45, 2.75) is 38.3 Å². The highest BCUT2D eigenvalue weighted by Crippen LogP contribution is 2.37. The Morgan fingerprint density at radius 3 is 2.85 bits per heavy atom. The van der Waals surface area contributed by atoms with Crippen molar-refractivity contribution >= 4 is 11.9 Å². The molecule has 27 heavy (non-hydrogen) atoms. The number of hydrogen-bond acceptors (Lipinski definition) is 4. The van der Waals surface area contributed by atoms with E-state index >= 15 is 0 Å². The Bertz CT molecular complexity index is 868. The maximum Gasteiger partial charge on any atom is 0.309 e. The number of hydrogen-bond donors (Lipinski definition) is 2. The molecule has 2 fully saturated rings. The van der Waals surface area contributed by atoms with Crippen LogP contribution in [0.2, 0.25) is 0 Å². The second kappa shape index (κ2) is 6.81. The molecule has 0 aliphatic carbocycles. The number of amides is 1. The van der Waals surface area contributed by atoms with Gasteiger partial charge in [-0.3, -0.25) is 14.5 Å². The third-order valence-corrected chi connectivity index (χ3v) is 5.80. The van der Waals surface area contributed by atoms with Crippen LogP contribution < -0.4 is 5.32 Å². The Morgan fingerprint density at radius 1 is 1.37 bits per heavy atom. The molecule has 0 unspecified atom stereocenters. The van der Waals surface area contributed by atoms with Gasteiger partial charge in [-0.25, -0.2) is 4.68 Å². The normalized spacial score (nSPS) is 22.1. The van der Waals surface area contributed by atoms with Crippen LogP contribution in [0.25, 0.3) is 5.69 Å². The van der Waals surface area contributed by atoms with Gasteiger partial charge in [-0.05, 0) is 37.5 Å². The van der Waals surface area contributed by atoms with Crippen molar-refractivity contribution in [3.05, 3.63) is 47.8 Å². The fourth-order valence-corrected chi connectivity index (χ4v) is 4.32. The van der Waals surface area contributed by atoms with Crippen LogP contribution in [0.1, 0.15) is 30.4 Å². The summed E-state index contributed by atoms with van der Waals surface area (Å²) in [6, 6.07) is 8.20. The SMILES string of the molecule is Cc1cccc(-n2cc(CN3CCC4(CC3)NC(=O)C[C@H]4C(=O)O)cn2)c1. The second-order valence-corrected chi connectivity index (χ2v) is 7.71. The zero-order chi connectivity index (χ0) is 19.0. The first kappa shape index (κ1) is 17.7. The zero-order valence-corrected chi connectivity index (χ0v) is 15.4. The number of rotatable bonds is 4. The van der Waals surface area contributed by atoms with E-state index in [1.54, 1.807) is 0 Å². The van der Waals surface area contributed by atoms with Crippen LogP contribution in [0.5, 0.6) is 0 Å². The Morgan fingerprint density at radius 2 is 2.15 bits per heavy atom. The van der Waals surface area contributed by atoms with E-state index in [9.17, 15) is 14.7 Å². The average molecular weight is 368 g/mol. The Kier molecular flexibility index (Phi) is 4.47. The minimum absolute atomic E-state index is 0.0958. The molecule has 7 heteroatoms. The lowest BCUT2D eigenvalue weighted by molar-refractivity contribution is -0.144. The summed E-state index contributed by atoms with van der Waals surface area (Å²) in [7, 11) is 0. The van der Waals surface area contributed by atoms with E-state index in [2.05, 4.69) is 34.4 Å². The van der Waals surface area contributed by atoms with Gasteiger partial charge < -0.3 is 10.4 Å². The molecule has 1 aromatic carbocycles. The molecule has 1 atom stereocenters. The number of carbonyl (C=O) groups is 2. The van der Waals surface area contributed by atoms with Crippen molar-refractivity contribution in [1.29, 1.82) is 0 Å². The van der Waals surface area contributed by atoms with E-state index in [4.69, 9.17) is 0 Å². The van der Waals surface area contributed by atoms with Gasteiger partial charge in [0, 0.05) is 37.8 Å². The number of nitrogens with one attached hydrogen (secondary N) is 1. The molecule has 3 heterocycles. The van der Waals surface area contributed by atoms with Crippen molar-refractivity contribution in [2.24, 2.45) is 5.92 Å². The summed E-state index contributed by atoms with van der Waals surface area (Å²) in [4.78, 5) is 25.6. The fraction of sp³-hybridized carbons (Fsp3) is 0.450. The first-order valence-electron chi connectivity index (χ1n) is 9.32. The molecule has 7 nitrogen and oxygen atoms in total. The topological polar surface area (TPSA) is 87.5 Å². The summed E-state index contributed by atoms with van der Waals surface area (Å²) < 4.78 is 1.88. The first-order valence-corrected chi connectivity index (χ1v) is 9.32. The minimum Gasteiger partial charge on any atom is -0.481 e. The number of aliphatic carboxylic acids is 1. The van der Waals surface area contributed by atoms with Crippen LogP contribution >= 0.6 is 0 Å². The number of likely N-dealkylation sites (tertiary alicyclic amines) is 1. The third-order valence-electron chi connectivity index (χ3n) is 5.80. The predicted molar refractivity (Wildman–Crippen MR) is 99.4 cm³/mol. The van der Waals surface area contributed by atoms with Crippen LogP contribution in [0.3, 0.4) is 0 Å². The fourth-order valence-electron chi connectivity index (χ4n) is 4.32. The maximum atomic E-state index is 11.8. The van der Waals surface area contributed by atoms with Crippen molar-refractivity contribution in [3.8, 4) is 5.69 Å². The van der Waals surface area contributed by atoms with Gasteiger partial charge in [0.2, 0.25) is 5.91 Å². The Balaban J connectivity index is 1.40. The molecule has 1 aromatic heterocycles. The molecule has 2 aliphatic rings. The molecular weight excluding hydrogens is 344 g/mol. The second-order valence-electron chi connectivity index (χ2n) is 7.71. The number of carbonyl (C=O) groups excluding carboxylic acids is 1. The number of carboxylic acid groups (broad SMARTS) is 1. The van der Waals surface area contributed by atoms with Gasteiger partial charge in [0.1, 0.15) is 0 Å². The molecule has 142 valence electrons. The lowest BCUT2D eigenvalue weighted by Gasteiger charge is -2.41. The summed E-state index contributed by atoms with van der Waals surface area (Å²) in [5.41, 5.74) is 2.78. The van der Waals surface area contributed by atoms with Crippen molar-refractivity contribution in [3.63, 3.8) is 0 Å². The quantitative estimate of drug-likeness (QED) is 0.858. The molecule has 1 amide bonds. The zero-order valence-electron chi connectivity index (χ0n) is 15.4. The molecule has 2 N–H and O–H groups in total. The first-order chi connectivity index (χ1) is 12.9. The monoisotopic (exact) mass is 368 g/mol. The van der Waals surface area contributed by atoms with E-state index in [0.717, 1.165) is 30.9 Å². The van der Waals surface area contributed by atoms with Crippen molar-refractivity contribution < 1.29 is 14.7 Å². The van der Waals surface area contributed by atoms with E-state index < -0.39 is 17.4 Å². The maximum absolute atomic E-state index is 11.8. The lowest BCUT2D eigenvalue weighted by atomic mass is 9.77. The highest BCUT2D eigenvalue weighted by molar-refractivity contribution is 5.88. The molecule has 2 aromatic rings. The smallest absolute Gasteiger partial charge is 0.309 e. The summed E-state index contributed by atoms with van der Waals surface area (Å²) in [5.74, 6) is -1.63. The lowest BCUT2D eigenvalue weighted by Crippen LogP contribution is -2.55. The molecule has 1 spiro atoms. The number of nitrogens with zero attached hydrogens (tertiary/aromatic N) is 3. The van der Waals surface area contributed by atoms with Gasteiger partial charge in [-0.1, -0.05) is 12.1 Å². The molecule has 0 bridgehead atoms. The summed E-state index contributed by atoms with van der Waals surface area (Å²) in [5, 5.41) is 16.9. The van der Waals surface area contributed by atoms with Gasteiger partial charge in [0.05, 0.1) is 23.3 Å². The van der Waals surface area contributed by atoms with Crippen LogP contribution in [0.4, 0.5) is 0 Å². The minimum atomic E-state index is -0.874. The summed E-state index contributed by atoms with van der Waals surface area (Å²) >= 11 is 0. The summed E-state index contributed by atoms with van der Waals surface area (Å²) in [6.07, 6.45) is 5.35. The van der Waals surface area contributed by atoms with E-state index in [0.29, 0.717) is 12.8 Å². The Hall–Kier alpha value is -2.67. The molecule has 4 rings (SSSR count). The molecule has 2 aliphatic heterocycles. The number of aromatic nitrogens is 2. The molecule has 0 saturated carbocycles. The number of benzene rings is 1. The average Bonchev–Trinajstić information content (AvgIpc) is 3.22. The number of aryl methyl sites for hydroxylation is 1. The van der Waals surface area contributed by atoms with E-state index in [1.165, 1.54) is 5.56 Å². The van der Waals surface area contributed by atoms with Crippen LogP contribution in [-0.2, 0) is 16.1 Å². The highest BCUT2D eigenvalue weighted by Gasteiger charge is 2.51.